The number of halogens is 1. The number of aromatic nitrogens is 3. The van der Waals surface area contributed by atoms with Gasteiger partial charge in [0.1, 0.15) is 5.82 Å². The van der Waals surface area contributed by atoms with E-state index in [1.165, 1.54) is 0 Å². The third-order valence-corrected chi connectivity index (χ3v) is 3.60. The minimum atomic E-state index is -0.0621. The quantitative estimate of drug-likeness (QED) is 0.921. The van der Waals surface area contributed by atoms with Crippen LogP contribution in [-0.4, -0.2) is 20.8 Å². The average molecular weight is 293 g/mol. The molecule has 0 spiro atoms. The molecule has 0 aliphatic rings. The topological polar surface area (TPSA) is 56.7 Å². The van der Waals surface area contributed by atoms with Crippen molar-refractivity contribution in [3.05, 3.63) is 46.5 Å². The first-order chi connectivity index (χ1) is 9.56. The van der Waals surface area contributed by atoms with E-state index in [9.17, 15) is 0 Å². The zero-order chi connectivity index (χ0) is 14.7. The zero-order valence-corrected chi connectivity index (χ0v) is 12.9. The van der Waals surface area contributed by atoms with Gasteiger partial charge in [-0.15, -0.1) is 0 Å². The lowest BCUT2D eigenvalue weighted by Gasteiger charge is -2.23. The normalized spacial score (nSPS) is 14.2. The molecule has 0 amide bonds. The first-order valence-electron chi connectivity index (χ1n) is 7.02. The lowest BCUT2D eigenvalue weighted by atomic mass is 10.0. The summed E-state index contributed by atoms with van der Waals surface area (Å²) in [5.41, 5.74) is 7.29. The van der Waals surface area contributed by atoms with Crippen LogP contribution in [0, 0.1) is 0 Å². The van der Waals surface area contributed by atoms with Crippen molar-refractivity contribution in [1.29, 1.82) is 0 Å². The van der Waals surface area contributed by atoms with Crippen molar-refractivity contribution < 1.29 is 0 Å². The fraction of sp³-hybridized carbons (Fsp3) is 0.467. The van der Waals surface area contributed by atoms with Crippen LogP contribution in [0.1, 0.15) is 44.0 Å². The standard InChI is InChI=1S/C15H21ClN4/c1-4-13-18-14(5-2)20(19-13)15(10(3)17)11-6-8-12(16)9-7-11/h6-10,15H,4-5,17H2,1-3H3. The molecule has 0 saturated heterocycles. The van der Waals surface area contributed by atoms with Gasteiger partial charge >= 0.3 is 0 Å². The van der Waals surface area contributed by atoms with Gasteiger partial charge in [-0.1, -0.05) is 37.6 Å². The second kappa shape index (κ2) is 6.37. The van der Waals surface area contributed by atoms with Crippen molar-refractivity contribution in [2.45, 2.75) is 45.7 Å². The zero-order valence-electron chi connectivity index (χ0n) is 12.2. The van der Waals surface area contributed by atoms with Gasteiger partial charge in [0.25, 0.3) is 0 Å². The highest BCUT2D eigenvalue weighted by atomic mass is 35.5. The molecule has 2 atom stereocenters. The van der Waals surface area contributed by atoms with Crippen LogP contribution in [-0.2, 0) is 12.8 Å². The molecule has 108 valence electrons. The van der Waals surface area contributed by atoms with Crippen molar-refractivity contribution in [2.75, 3.05) is 0 Å². The van der Waals surface area contributed by atoms with Gasteiger partial charge in [-0.3, -0.25) is 0 Å². The van der Waals surface area contributed by atoms with E-state index < -0.39 is 0 Å². The minimum Gasteiger partial charge on any atom is -0.326 e. The van der Waals surface area contributed by atoms with Crippen LogP contribution in [0.15, 0.2) is 24.3 Å². The fourth-order valence-corrected chi connectivity index (χ4v) is 2.47. The fourth-order valence-electron chi connectivity index (χ4n) is 2.35. The van der Waals surface area contributed by atoms with E-state index in [4.69, 9.17) is 17.3 Å². The highest BCUT2D eigenvalue weighted by Crippen LogP contribution is 2.24. The van der Waals surface area contributed by atoms with Gasteiger partial charge in [-0.2, -0.15) is 5.10 Å². The molecule has 1 aromatic heterocycles. The highest BCUT2D eigenvalue weighted by Gasteiger charge is 2.22. The number of hydrogen-bond donors (Lipinski definition) is 1. The molecule has 5 heteroatoms. The van der Waals surface area contributed by atoms with Crippen LogP contribution in [0.3, 0.4) is 0 Å². The van der Waals surface area contributed by atoms with E-state index in [0.29, 0.717) is 0 Å². The van der Waals surface area contributed by atoms with Gasteiger partial charge in [0.05, 0.1) is 6.04 Å². The lowest BCUT2D eigenvalue weighted by Crippen LogP contribution is -2.32. The Morgan fingerprint density at radius 2 is 1.85 bits per heavy atom. The van der Waals surface area contributed by atoms with Crippen LogP contribution in [0.25, 0.3) is 0 Å². The van der Waals surface area contributed by atoms with E-state index in [2.05, 4.69) is 23.9 Å². The Bertz CT molecular complexity index is 560. The van der Waals surface area contributed by atoms with Crippen LogP contribution in [0.5, 0.6) is 0 Å². The number of nitrogens with zero attached hydrogens (tertiary/aromatic N) is 3. The van der Waals surface area contributed by atoms with E-state index in [1.807, 2.05) is 35.9 Å². The van der Waals surface area contributed by atoms with E-state index >= 15 is 0 Å². The molecule has 1 aromatic carbocycles. The van der Waals surface area contributed by atoms with Gasteiger partial charge in [-0.25, -0.2) is 9.67 Å². The number of rotatable bonds is 5. The van der Waals surface area contributed by atoms with Crippen LogP contribution >= 0.6 is 11.6 Å². The maximum absolute atomic E-state index is 6.19. The number of aryl methyl sites for hydroxylation is 2. The molecule has 0 aliphatic heterocycles. The lowest BCUT2D eigenvalue weighted by molar-refractivity contribution is 0.436. The molecule has 20 heavy (non-hydrogen) atoms. The smallest absolute Gasteiger partial charge is 0.150 e. The number of nitrogens with two attached hydrogens (primary N) is 1. The Kier molecular flexibility index (Phi) is 4.78. The molecule has 4 nitrogen and oxygen atoms in total. The third kappa shape index (κ3) is 3.02. The summed E-state index contributed by atoms with van der Waals surface area (Å²) in [5, 5.41) is 5.34. The Morgan fingerprint density at radius 3 is 2.35 bits per heavy atom. The number of hydrogen-bond acceptors (Lipinski definition) is 3. The molecule has 2 N–H and O–H groups in total. The Labute approximate surface area is 125 Å². The van der Waals surface area contributed by atoms with Crippen LogP contribution < -0.4 is 5.73 Å². The Morgan fingerprint density at radius 1 is 1.20 bits per heavy atom. The summed E-state index contributed by atoms with van der Waals surface area (Å²) in [7, 11) is 0. The molecular formula is C15H21ClN4. The summed E-state index contributed by atoms with van der Waals surface area (Å²) in [6, 6.07) is 7.69. The molecular weight excluding hydrogens is 272 g/mol. The average Bonchev–Trinajstić information content (AvgIpc) is 2.84. The predicted molar refractivity (Wildman–Crippen MR) is 82.0 cm³/mol. The summed E-state index contributed by atoms with van der Waals surface area (Å²) in [6.07, 6.45) is 1.66. The molecule has 2 rings (SSSR count). The van der Waals surface area contributed by atoms with Crippen molar-refractivity contribution in [3.8, 4) is 0 Å². The predicted octanol–water partition coefficient (Wildman–Crippen LogP) is 2.99. The summed E-state index contributed by atoms with van der Waals surface area (Å²) >= 11 is 5.96. The van der Waals surface area contributed by atoms with Gasteiger partial charge < -0.3 is 5.73 Å². The van der Waals surface area contributed by atoms with Gasteiger partial charge in [0.2, 0.25) is 0 Å². The van der Waals surface area contributed by atoms with E-state index in [1.54, 1.807) is 0 Å². The van der Waals surface area contributed by atoms with Crippen LogP contribution in [0.2, 0.25) is 5.02 Å². The Balaban J connectivity index is 2.48. The van der Waals surface area contributed by atoms with Gasteiger partial charge in [0.15, 0.2) is 5.82 Å². The van der Waals surface area contributed by atoms with Crippen molar-refractivity contribution in [1.82, 2.24) is 14.8 Å². The third-order valence-electron chi connectivity index (χ3n) is 3.35. The molecule has 2 aromatic rings. The highest BCUT2D eigenvalue weighted by molar-refractivity contribution is 6.30. The monoisotopic (exact) mass is 292 g/mol. The van der Waals surface area contributed by atoms with Gasteiger partial charge in [0, 0.05) is 23.9 Å². The summed E-state index contributed by atoms with van der Waals surface area (Å²) in [4.78, 5) is 4.56. The second-order valence-electron chi connectivity index (χ2n) is 4.95. The van der Waals surface area contributed by atoms with Crippen molar-refractivity contribution >= 4 is 11.6 Å². The molecule has 0 fully saturated rings. The molecule has 0 aliphatic carbocycles. The molecule has 0 bridgehead atoms. The summed E-state index contributed by atoms with van der Waals surface area (Å²) in [5.74, 6) is 1.83. The maximum Gasteiger partial charge on any atom is 0.150 e. The maximum atomic E-state index is 6.19. The molecule has 1 heterocycles. The first-order valence-corrected chi connectivity index (χ1v) is 7.39. The minimum absolute atomic E-state index is 0.0185. The van der Waals surface area contributed by atoms with E-state index in [-0.39, 0.29) is 12.1 Å². The Hall–Kier alpha value is -1.39. The molecule has 0 radical (unpaired) electrons. The SMILES string of the molecule is CCc1nc(CC)n(C(c2ccc(Cl)cc2)C(C)N)n1. The van der Waals surface area contributed by atoms with E-state index in [0.717, 1.165) is 35.1 Å². The number of benzene rings is 1. The largest absolute Gasteiger partial charge is 0.326 e. The van der Waals surface area contributed by atoms with Crippen LogP contribution in [0.4, 0.5) is 0 Å². The molecule has 2 unspecified atom stereocenters. The van der Waals surface area contributed by atoms with Crippen molar-refractivity contribution in [3.63, 3.8) is 0 Å². The summed E-state index contributed by atoms with van der Waals surface area (Å²) in [6.45, 7) is 6.13. The first kappa shape index (κ1) is 15.0. The van der Waals surface area contributed by atoms with Crippen molar-refractivity contribution in [2.24, 2.45) is 5.73 Å². The summed E-state index contributed by atoms with van der Waals surface area (Å²) < 4.78 is 1.97. The van der Waals surface area contributed by atoms with Gasteiger partial charge in [-0.05, 0) is 24.6 Å². The second-order valence-corrected chi connectivity index (χ2v) is 5.39. The molecule has 0 saturated carbocycles.